The summed E-state index contributed by atoms with van der Waals surface area (Å²) < 4.78 is 41.8. The van der Waals surface area contributed by atoms with E-state index in [1.807, 2.05) is 11.4 Å². The summed E-state index contributed by atoms with van der Waals surface area (Å²) in [5, 5.41) is 2.57. The molecule has 0 unspecified atom stereocenters. The first-order valence-electron chi connectivity index (χ1n) is 9.60. The van der Waals surface area contributed by atoms with Gasteiger partial charge in [-0.25, -0.2) is 22.5 Å². The van der Waals surface area contributed by atoms with Crippen molar-refractivity contribution in [3.8, 4) is 10.6 Å². The molecule has 0 fully saturated rings. The Hall–Kier alpha value is -2.36. The number of pyridine rings is 1. The lowest BCUT2D eigenvalue weighted by Gasteiger charge is -2.35. The number of aryl methyl sites for hydroxylation is 2. The lowest BCUT2D eigenvalue weighted by atomic mass is 9.93. The predicted molar refractivity (Wildman–Crippen MR) is 116 cm³/mol. The summed E-state index contributed by atoms with van der Waals surface area (Å²) >= 11 is 1.40. The van der Waals surface area contributed by atoms with Gasteiger partial charge in [0.05, 0.1) is 18.0 Å². The molecule has 3 aromatic rings. The standard InChI is InChI=1S/C21H22FN3O3S2/c1-13-6-7-17-8-9-18(24-30(2,27)28)19(25(17)21(13)26)11-16-12-29-20(23-16)14-4-3-5-15(22)10-14/h3-7,10,12,18-19,24H,8-9,11H2,1-2H3/t18-,19-/m0/s1. The highest BCUT2D eigenvalue weighted by Crippen LogP contribution is 2.30. The van der Waals surface area contributed by atoms with E-state index in [1.165, 1.54) is 23.5 Å². The second kappa shape index (κ2) is 8.05. The minimum Gasteiger partial charge on any atom is -0.307 e. The molecule has 1 aliphatic rings. The van der Waals surface area contributed by atoms with E-state index in [2.05, 4.69) is 9.71 Å². The van der Waals surface area contributed by atoms with Crippen LogP contribution in [0.25, 0.3) is 10.6 Å². The number of hydrogen-bond donors (Lipinski definition) is 1. The number of benzene rings is 1. The Bertz CT molecular complexity index is 1250. The summed E-state index contributed by atoms with van der Waals surface area (Å²) in [4.78, 5) is 17.5. The number of hydrogen-bond acceptors (Lipinski definition) is 5. The number of sulfonamides is 1. The van der Waals surface area contributed by atoms with Crippen LogP contribution < -0.4 is 10.3 Å². The van der Waals surface area contributed by atoms with Crippen LogP contribution in [0.15, 0.2) is 46.6 Å². The number of fused-ring (bicyclic) bond motifs is 1. The highest BCUT2D eigenvalue weighted by molar-refractivity contribution is 7.88. The summed E-state index contributed by atoms with van der Waals surface area (Å²) in [6.45, 7) is 1.76. The first-order chi connectivity index (χ1) is 14.2. The fourth-order valence-electron chi connectivity index (χ4n) is 3.95. The molecule has 3 heterocycles. The molecule has 158 valence electrons. The van der Waals surface area contributed by atoms with Gasteiger partial charge in [0.1, 0.15) is 10.8 Å². The lowest BCUT2D eigenvalue weighted by molar-refractivity contribution is 0.313. The van der Waals surface area contributed by atoms with Crippen molar-refractivity contribution in [2.24, 2.45) is 0 Å². The minimum absolute atomic E-state index is 0.113. The second-order valence-corrected chi connectivity index (χ2v) is 10.3. The van der Waals surface area contributed by atoms with Gasteiger partial charge in [0.15, 0.2) is 0 Å². The average Bonchev–Trinajstić information content (AvgIpc) is 3.14. The Labute approximate surface area is 178 Å². The van der Waals surface area contributed by atoms with Crippen molar-refractivity contribution in [1.29, 1.82) is 0 Å². The smallest absolute Gasteiger partial charge is 0.253 e. The zero-order valence-corrected chi connectivity index (χ0v) is 18.3. The van der Waals surface area contributed by atoms with Gasteiger partial charge in [-0.2, -0.15) is 0 Å². The maximum atomic E-state index is 13.6. The van der Waals surface area contributed by atoms with E-state index in [4.69, 9.17) is 0 Å². The van der Waals surface area contributed by atoms with Gasteiger partial charge in [0.2, 0.25) is 10.0 Å². The summed E-state index contributed by atoms with van der Waals surface area (Å²) in [5.74, 6) is -0.329. The van der Waals surface area contributed by atoms with Crippen molar-refractivity contribution in [3.05, 3.63) is 74.9 Å². The Morgan fingerprint density at radius 3 is 2.83 bits per heavy atom. The SMILES string of the molecule is Cc1ccc2n(c1=O)[C@@H](Cc1csc(-c3cccc(F)c3)n1)[C@@H](NS(C)(=O)=O)CC2. The third-order valence-electron chi connectivity index (χ3n) is 5.31. The third kappa shape index (κ3) is 4.38. The maximum Gasteiger partial charge on any atom is 0.253 e. The maximum absolute atomic E-state index is 13.6. The number of thiazole rings is 1. The zero-order chi connectivity index (χ0) is 21.5. The van der Waals surface area contributed by atoms with E-state index in [9.17, 15) is 17.6 Å². The predicted octanol–water partition coefficient (Wildman–Crippen LogP) is 3.07. The lowest BCUT2D eigenvalue weighted by Crippen LogP contribution is -2.48. The molecular weight excluding hydrogens is 425 g/mol. The van der Waals surface area contributed by atoms with Gasteiger partial charge in [-0.15, -0.1) is 11.3 Å². The third-order valence-corrected chi connectivity index (χ3v) is 6.98. The fraction of sp³-hybridized carbons (Fsp3) is 0.333. The van der Waals surface area contributed by atoms with Gasteiger partial charge in [-0.05, 0) is 38.0 Å². The average molecular weight is 448 g/mol. The molecule has 0 amide bonds. The molecule has 1 aliphatic heterocycles. The zero-order valence-electron chi connectivity index (χ0n) is 16.6. The van der Waals surface area contributed by atoms with Gasteiger partial charge in [-0.1, -0.05) is 18.2 Å². The van der Waals surface area contributed by atoms with Crippen LogP contribution in [-0.4, -0.2) is 30.3 Å². The molecule has 9 heteroatoms. The second-order valence-electron chi connectivity index (χ2n) is 7.64. The first-order valence-corrected chi connectivity index (χ1v) is 12.4. The molecular formula is C21H22FN3O3S2. The Morgan fingerprint density at radius 2 is 2.10 bits per heavy atom. The molecule has 0 spiro atoms. The topological polar surface area (TPSA) is 81.1 Å². The van der Waals surface area contributed by atoms with Crippen molar-refractivity contribution in [1.82, 2.24) is 14.3 Å². The van der Waals surface area contributed by atoms with Crippen LogP contribution >= 0.6 is 11.3 Å². The van der Waals surface area contributed by atoms with Gasteiger partial charge in [0, 0.05) is 34.7 Å². The number of rotatable bonds is 5. The number of aromatic nitrogens is 2. The van der Waals surface area contributed by atoms with E-state index < -0.39 is 22.1 Å². The molecule has 30 heavy (non-hydrogen) atoms. The van der Waals surface area contributed by atoms with E-state index in [0.29, 0.717) is 35.4 Å². The van der Waals surface area contributed by atoms with Crippen molar-refractivity contribution >= 4 is 21.4 Å². The fourth-order valence-corrected chi connectivity index (χ4v) is 5.61. The number of nitrogens with zero attached hydrogens (tertiary/aromatic N) is 2. The molecule has 0 bridgehead atoms. The van der Waals surface area contributed by atoms with E-state index in [-0.39, 0.29) is 11.4 Å². The number of halogens is 1. The molecule has 0 saturated carbocycles. The normalized spacial score (nSPS) is 18.9. The summed E-state index contributed by atoms with van der Waals surface area (Å²) in [5.41, 5.74) is 2.82. The van der Waals surface area contributed by atoms with Crippen molar-refractivity contribution in [2.45, 2.75) is 38.3 Å². The molecule has 0 radical (unpaired) electrons. The van der Waals surface area contributed by atoms with Crippen LogP contribution in [0, 0.1) is 12.7 Å². The molecule has 2 aromatic heterocycles. The molecule has 6 nitrogen and oxygen atoms in total. The quantitative estimate of drug-likeness (QED) is 0.652. The van der Waals surface area contributed by atoms with Crippen LogP contribution in [0.1, 0.15) is 29.4 Å². The monoisotopic (exact) mass is 447 g/mol. The molecule has 1 aromatic carbocycles. The Morgan fingerprint density at radius 1 is 1.30 bits per heavy atom. The summed E-state index contributed by atoms with van der Waals surface area (Å²) in [6.07, 6.45) is 2.74. The molecule has 0 saturated heterocycles. The van der Waals surface area contributed by atoms with Gasteiger partial charge >= 0.3 is 0 Å². The summed E-state index contributed by atoms with van der Waals surface area (Å²) in [6, 6.07) is 9.18. The highest BCUT2D eigenvalue weighted by atomic mass is 32.2. The van der Waals surface area contributed by atoms with E-state index >= 15 is 0 Å². The highest BCUT2D eigenvalue weighted by Gasteiger charge is 2.33. The van der Waals surface area contributed by atoms with Gasteiger partial charge in [0.25, 0.3) is 5.56 Å². The Kier molecular flexibility index (Phi) is 5.61. The molecule has 0 aliphatic carbocycles. The van der Waals surface area contributed by atoms with Crippen LogP contribution in [0.2, 0.25) is 0 Å². The molecule has 1 N–H and O–H groups in total. The van der Waals surface area contributed by atoms with Gasteiger partial charge in [-0.3, -0.25) is 4.79 Å². The molecule has 4 rings (SSSR count). The van der Waals surface area contributed by atoms with Crippen LogP contribution in [0.3, 0.4) is 0 Å². The van der Waals surface area contributed by atoms with Crippen LogP contribution in [0.4, 0.5) is 4.39 Å². The molecule has 2 atom stereocenters. The van der Waals surface area contributed by atoms with Gasteiger partial charge < -0.3 is 4.57 Å². The Balaban J connectivity index is 1.71. The largest absolute Gasteiger partial charge is 0.307 e. The van der Waals surface area contributed by atoms with Crippen molar-refractivity contribution in [3.63, 3.8) is 0 Å². The van der Waals surface area contributed by atoms with E-state index in [0.717, 1.165) is 17.6 Å². The van der Waals surface area contributed by atoms with E-state index in [1.54, 1.807) is 29.7 Å². The minimum atomic E-state index is -3.44. The van der Waals surface area contributed by atoms with Crippen LogP contribution in [0.5, 0.6) is 0 Å². The van der Waals surface area contributed by atoms with Crippen molar-refractivity contribution in [2.75, 3.05) is 6.26 Å². The number of nitrogens with one attached hydrogen (secondary N) is 1. The first kappa shape index (κ1) is 20.9. The van der Waals surface area contributed by atoms with Crippen molar-refractivity contribution < 1.29 is 12.8 Å². The summed E-state index contributed by atoms with van der Waals surface area (Å²) in [7, 11) is -3.44. The van der Waals surface area contributed by atoms with Crippen LogP contribution in [-0.2, 0) is 22.9 Å².